The highest BCUT2D eigenvalue weighted by atomic mass is 35.5. The van der Waals surface area contributed by atoms with Crippen molar-refractivity contribution >= 4 is 44.8 Å². The Morgan fingerprint density at radius 2 is 1.90 bits per heavy atom. The van der Waals surface area contributed by atoms with Gasteiger partial charge >= 0.3 is 0 Å². The number of nitrogens with zero attached hydrogens (tertiary/aromatic N) is 1. The Bertz CT molecular complexity index is 1100. The Balaban J connectivity index is 1.58. The first-order valence-electron chi connectivity index (χ1n) is 9.02. The van der Waals surface area contributed by atoms with E-state index in [1.165, 1.54) is 28.6 Å². The number of hydrogen-bond donors (Lipinski definition) is 2. The van der Waals surface area contributed by atoms with Crippen LogP contribution in [0, 0.1) is 0 Å². The molecule has 152 valence electrons. The van der Waals surface area contributed by atoms with Gasteiger partial charge in [-0.15, -0.1) is 0 Å². The summed E-state index contributed by atoms with van der Waals surface area (Å²) in [7, 11) is -3.72. The van der Waals surface area contributed by atoms with Crippen LogP contribution in [0.3, 0.4) is 0 Å². The van der Waals surface area contributed by atoms with Crippen LogP contribution >= 0.6 is 11.6 Å². The predicted octanol–water partition coefficient (Wildman–Crippen LogP) is 2.71. The van der Waals surface area contributed by atoms with E-state index in [0.29, 0.717) is 30.2 Å². The maximum absolute atomic E-state index is 12.8. The van der Waals surface area contributed by atoms with Crippen molar-refractivity contribution in [3.63, 3.8) is 0 Å². The molecule has 2 heterocycles. The summed E-state index contributed by atoms with van der Waals surface area (Å²) >= 11 is 6.13. The molecule has 0 aliphatic carbocycles. The summed E-state index contributed by atoms with van der Waals surface area (Å²) in [5.41, 5.74) is 0.992. The van der Waals surface area contributed by atoms with E-state index < -0.39 is 15.9 Å². The summed E-state index contributed by atoms with van der Waals surface area (Å²) in [6, 6.07) is 8.99. The van der Waals surface area contributed by atoms with E-state index in [9.17, 15) is 18.0 Å². The number of fused-ring (bicyclic) bond motifs is 1. The predicted molar refractivity (Wildman–Crippen MR) is 108 cm³/mol. The molecule has 8 nitrogen and oxygen atoms in total. The minimum absolute atomic E-state index is 0.0371. The molecule has 0 aromatic heterocycles. The number of carbonyl (C=O) groups excluding carboxylic acids is 2. The van der Waals surface area contributed by atoms with E-state index in [1.54, 1.807) is 12.1 Å². The Hall–Kier alpha value is -2.62. The van der Waals surface area contributed by atoms with E-state index in [-0.39, 0.29) is 28.0 Å². The van der Waals surface area contributed by atoms with Crippen molar-refractivity contribution in [2.45, 2.75) is 17.7 Å². The lowest BCUT2D eigenvalue weighted by Gasteiger charge is -2.19. The van der Waals surface area contributed by atoms with Crippen molar-refractivity contribution < 1.29 is 22.7 Å². The molecule has 29 heavy (non-hydrogen) atoms. The third-order valence-electron chi connectivity index (χ3n) is 4.75. The van der Waals surface area contributed by atoms with Gasteiger partial charge in [0.2, 0.25) is 10.0 Å². The maximum atomic E-state index is 12.8. The number of hydrogen-bond acceptors (Lipinski definition) is 5. The first-order chi connectivity index (χ1) is 13.8. The average Bonchev–Trinajstić information content (AvgIpc) is 3.24. The van der Waals surface area contributed by atoms with Gasteiger partial charge in [-0.2, -0.15) is 4.31 Å². The van der Waals surface area contributed by atoms with Gasteiger partial charge in [0.05, 0.1) is 10.7 Å². The molecule has 0 unspecified atom stereocenters. The second kappa shape index (κ2) is 7.66. The minimum Gasteiger partial charge on any atom is -0.482 e. The van der Waals surface area contributed by atoms with E-state index >= 15 is 0 Å². The number of halogens is 1. The molecule has 0 atom stereocenters. The van der Waals surface area contributed by atoms with Crippen LogP contribution in [0.4, 0.5) is 11.4 Å². The fourth-order valence-corrected chi connectivity index (χ4v) is 5.29. The van der Waals surface area contributed by atoms with Crippen molar-refractivity contribution in [1.29, 1.82) is 0 Å². The van der Waals surface area contributed by atoms with Gasteiger partial charge in [0.15, 0.2) is 6.61 Å². The summed E-state index contributed by atoms with van der Waals surface area (Å²) in [6.07, 6.45) is 1.62. The van der Waals surface area contributed by atoms with Crippen LogP contribution in [0.15, 0.2) is 41.3 Å². The van der Waals surface area contributed by atoms with Gasteiger partial charge in [-0.05, 0) is 49.2 Å². The zero-order valence-corrected chi connectivity index (χ0v) is 16.8. The minimum atomic E-state index is -3.72. The maximum Gasteiger partial charge on any atom is 0.262 e. The van der Waals surface area contributed by atoms with Crippen LogP contribution in [0.2, 0.25) is 5.02 Å². The summed E-state index contributed by atoms with van der Waals surface area (Å²) in [6.45, 7) is 0.841. The number of nitrogens with one attached hydrogen (secondary N) is 2. The monoisotopic (exact) mass is 435 g/mol. The molecule has 2 N–H and O–H groups in total. The molecule has 2 aromatic carbocycles. The normalized spacial score (nSPS) is 16.7. The molecular weight excluding hydrogens is 418 g/mol. The number of ether oxygens (including phenoxy) is 1. The van der Waals surface area contributed by atoms with Crippen LogP contribution in [0.5, 0.6) is 5.75 Å². The van der Waals surface area contributed by atoms with Gasteiger partial charge in [0, 0.05) is 24.3 Å². The van der Waals surface area contributed by atoms with Crippen LogP contribution < -0.4 is 15.4 Å². The molecule has 0 spiro atoms. The Labute approximate surface area is 172 Å². The molecule has 1 saturated heterocycles. The van der Waals surface area contributed by atoms with Gasteiger partial charge in [0.1, 0.15) is 10.6 Å². The number of sulfonamides is 1. The summed E-state index contributed by atoms with van der Waals surface area (Å²) < 4.78 is 32.3. The third kappa shape index (κ3) is 3.93. The van der Waals surface area contributed by atoms with Crippen molar-refractivity contribution in [2.24, 2.45) is 0 Å². The lowest BCUT2D eigenvalue weighted by atomic mass is 10.1. The Kier molecular flexibility index (Phi) is 5.20. The molecule has 2 aliphatic rings. The SMILES string of the molecule is O=C1COc2ccc(C(=O)Nc3ccc(Cl)c(S(=O)(=O)N4CCCC4)c3)cc2N1. The number of anilines is 2. The lowest BCUT2D eigenvalue weighted by Crippen LogP contribution is -2.28. The molecular formula is C19H18ClN3O5S. The van der Waals surface area contributed by atoms with Gasteiger partial charge in [-0.1, -0.05) is 11.6 Å². The summed E-state index contributed by atoms with van der Waals surface area (Å²) in [5.74, 6) is -0.282. The van der Waals surface area contributed by atoms with Crippen LogP contribution in [0.1, 0.15) is 23.2 Å². The first-order valence-corrected chi connectivity index (χ1v) is 10.8. The number of benzene rings is 2. The number of amides is 2. The fourth-order valence-electron chi connectivity index (χ4n) is 3.27. The van der Waals surface area contributed by atoms with Gasteiger partial charge in [0.25, 0.3) is 11.8 Å². The van der Waals surface area contributed by atoms with Crippen LogP contribution in [-0.4, -0.2) is 44.2 Å². The molecule has 2 aliphatic heterocycles. The van der Waals surface area contributed by atoms with Gasteiger partial charge < -0.3 is 15.4 Å². The molecule has 0 saturated carbocycles. The summed E-state index contributed by atoms with van der Waals surface area (Å²) in [5, 5.41) is 5.41. The highest BCUT2D eigenvalue weighted by Crippen LogP contribution is 2.31. The number of carbonyl (C=O) groups is 2. The molecule has 0 radical (unpaired) electrons. The average molecular weight is 436 g/mol. The van der Waals surface area contributed by atoms with E-state index in [0.717, 1.165) is 12.8 Å². The van der Waals surface area contributed by atoms with Crippen LogP contribution in [0.25, 0.3) is 0 Å². The van der Waals surface area contributed by atoms with Crippen molar-refractivity contribution in [1.82, 2.24) is 4.31 Å². The standard InChI is InChI=1S/C19H18ClN3O5S/c20-14-5-4-13(10-17(14)29(26,27)23-7-1-2-8-23)21-19(25)12-3-6-16-15(9-12)22-18(24)11-28-16/h3-6,9-10H,1-2,7-8,11H2,(H,21,25)(H,22,24). The molecule has 2 aromatic rings. The quantitative estimate of drug-likeness (QED) is 0.768. The highest BCUT2D eigenvalue weighted by molar-refractivity contribution is 7.89. The van der Waals surface area contributed by atoms with Crippen molar-refractivity contribution in [2.75, 3.05) is 30.3 Å². The second-order valence-electron chi connectivity index (χ2n) is 6.76. The first kappa shape index (κ1) is 19.7. The van der Waals surface area contributed by atoms with Gasteiger partial charge in [-0.25, -0.2) is 8.42 Å². The molecule has 4 rings (SSSR count). The van der Waals surface area contributed by atoms with Crippen LogP contribution in [-0.2, 0) is 14.8 Å². The smallest absolute Gasteiger partial charge is 0.262 e. The lowest BCUT2D eigenvalue weighted by molar-refractivity contribution is -0.118. The molecule has 0 bridgehead atoms. The van der Waals surface area contributed by atoms with Crippen molar-refractivity contribution in [3.8, 4) is 5.75 Å². The van der Waals surface area contributed by atoms with E-state index in [2.05, 4.69) is 10.6 Å². The largest absolute Gasteiger partial charge is 0.482 e. The fraction of sp³-hybridized carbons (Fsp3) is 0.263. The molecule has 2 amide bonds. The zero-order valence-electron chi connectivity index (χ0n) is 15.3. The Morgan fingerprint density at radius 1 is 1.14 bits per heavy atom. The van der Waals surface area contributed by atoms with Gasteiger partial charge in [-0.3, -0.25) is 9.59 Å². The molecule has 1 fully saturated rings. The third-order valence-corrected chi connectivity index (χ3v) is 7.13. The highest BCUT2D eigenvalue weighted by Gasteiger charge is 2.29. The topological polar surface area (TPSA) is 105 Å². The summed E-state index contributed by atoms with van der Waals surface area (Å²) in [4.78, 5) is 24.0. The number of rotatable bonds is 4. The van der Waals surface area contributed by atoms with E-state index in [1.807, 2.05) is 0 Å². The Morgan fingerprint density at radius 3 is 2.66 bits per heavy atom. The van der Waals surface area contributed by atoms with Crippen molar-refractivity contribution in [3.05, 3.63) is 47.0 Å². The van der Waals surface area contributed by atoms with E-state index in [4.69, 9.17) is 16.3 Å². The molecule has 10 heteroatoms. The zero-order chi connectivity index (χ0) is 20.6. The second-order valence-corrected chi connectivity index (χ2v) is 9.07.